The van der Waals surface area contributed by atoms with E-state index in [1.807, 2.05) is 60.7 Å². The van der Waals surface area contributed by atoms with Gasteiger partial charge in [0.15, 0.2) is 0 Å². The van der Waals surface area contributed by atoms with E-state index in [1.165, 1.54) is 0 Å². The van der Waals surface area contributed by atoms with Gasteiger partial charge in [-0.05, 0) is 56.3 Å². The zero-order valence-corrected chi connectivity index (χ0v) is 23.2. The Morgan fingerprint density at radius 2 is 1.43 bits per heavy atom. The highest BCUT2D eigenvalue weighted by atomic mass is 79.9. The average molecular weight is 565 g/mol. The Morgan fingerprint density at radius 1 is 0.886 bits per heavy atom. The third kappa shape index (κ3) is 6.64. The fourth-order valence-corrected chi connectivity index (χ4v) is 9.45. The third-order valence-corrected chi connectivity index (χ3v) is 11.8. The number of nitrogens with one attached hydrogen (secondary N) is 1. The van der Waals surface area contributed by atoms with Crippen molar-refractivity contribution in [3.63, 3.8) is 0 Å². The van der Waals surface area contributed by atoms with E-state index in [9.17, 15) is 4.39 Å². The first-order chi connectivity index (χ1) is 16.5. The minimum absolute atomic E-state index is 0.302. The van der Waals surface area contributed by atoms with Gasteiger partial charge in [-0.25, -0.2) is 13.2 Å². The highest BCUT2D eigenvalue weighted by Crippen LogP contribution is 2.37. The Labute approximate surface area is 216 Å². The molecule has 35 heavy (non-hydrogen) atoms. The van der Waals surface area contributed by atoms with Crippen molar-refractivity contribution >= 4 is 34.6 Å². The molecular formula is C28H33BrF3NOSi. The standard InChI is InChI=1S/C28H33BrF3NOSi/c1-21(18-22-12-11-17-25(29)26(22)30)33-19-28(31,32)20-34-35(27(2,3)4,23-13-7-5-8-14-23)24-15-9-6-10-16-24/h5-17,21,33H,18-20H2,1-4H3/t21-/m1/s1. The molecule has 1 N–H and O–H groups in total. The molecular weight excluding hydrogens is 531 g/mol. The van der Waals surface area contributed by atoms with Gasteiger partial charge in [0.25, 0.3) is 14.2 Å². The smallest absolute Gasteiger partial charge is 0.281 e. The molecule has 0 radical (unpaired) electrons. The van der Waals surface area contributed by atoms with E-state index < -0.39 is 27.4 Å². The average Bonchev–Trinajstić information content (AvgIpc) is 2.82. The molecule has 0 aliphatic rings. The maximum Gasteiger partial charge on any atom is 0.281 e. The first-order valence-electron chi connectivity index (χ1n) is 11.8. The summed E-state index contributed by atoms with van der Waals surface area (Å²) in [7, 11) is -3.05. The first kappa shape index (κ1) is 27.7. The molecule has 1 atom stereocenters. The lowest BCUT2D eigenvalue weighted by Crippen LogP contribution is -2.67. The molecule has 0 fully saturated rings. The molecule has 0 saturated carbocycles. The lowest BCUT2D eigenvalue weighted by molar-refractivity contribution is -0.0433. The van der Waals surface area contributed by atoms with Crippen molar-refractivity contribution in [1.29, 1.82) is 0 Å². The summed E-state index contributed by atoms with van der Waals surface area (Å²) in [6.45, 7) is 6.70. The van der Waals surface area contributed by atoms with Crippen LogP contribution in [-0.4, -0.2) is 33.4 Å². The van der Waals surface area contributed by atoms with Crippen LogP contribution in [0.4, 0.5) is 13.2 Å². The van der Waals surface area contributed by atoms with Crippen LogP contribution in [0.15, 0.2) is 83.3 Å². The molecule has 2 nitrogen and oxygen atoms in total. The highest BCUT2D eigenvalue weighted by molar-refractivity contribution is 9.10. The largest absolute Gasteiger partial charge is 0.401 e. The summed E-state index contributed by atoms with van der Waals surface area (Å²) in [5, 5.41) is 4.41. The van der Waals surface area contributed by atoms with Crippen molar-refractivity contribution in [2.24, 2.45) is 0 Å². The van der Waals surface area contributed by atoms with Crippen LogP contribution < -0.4 is 15.7 Å². The second-order valence-corrected chi connectivity index (χ2v) is 15.2. The molecule has 3 aromatic rings. The van der Waals surface area contributed by atoms with Crippen LogP contribution in [0.1, 0.15) is 33.3 Å². The van der Waals surface area contributed by atoms with Crippen LogP contribution in [0.2, 0.25) is 5.04 Å². The van der Waals surface area contributed by atoms with Gasteiger partial charge in [0.1, 0.15) is 5.82 Å². The molecule has 0 aliphatic heterocycles. The summed E-state index contributed by atoms with van der Waals surface area (Å²) in [5.74, 6) is -3.46. The summed E-state index contributed by atoms with van der Waals surface area (Å²) < 4.78 is 51.4. The van der Waals surface area contributed by atoms with Crippen LogP contribution in [0, 0.1) is 5.82 Å². The van der Waals surface area contributed by atoms with Crippen LogP contribution >= 0.6 is 15.9 Å². The van der Waals surface area contributed by atoms with Crippen LogP contribution in [0.25, 0.3) is 0 Å². The van der Waals surface area contributed by atoms with Crippen molar-refractivity contribution < 1.29 is 17.6 Å². The summed E-state index contributed by atoms with van der Waals surface area (Å²) in [5.41, 5.74) is 0.478. The van der Waals surface area contributed by atoms with E-state index in [-0.39, 0.29) is 16.9 Å². The van der Waals surface area contributed by atoms with E-state index in [1.54, 1.807) is 25.1 Å². The molecule has 0 heterocycles. The van der Waals surface area contributed by atoms with Crippen LogP contribution in [0.3, 0.4) is 0 Å². The Morgan fingerprint density at radius 3 is 1.94 bits per heavy atom. The van der Waals surface area contributed by atoms with E-state index in [2.05, 4.69) is 42.0 Å². The summed E-state index contributed by atoms with van der Waals surface area (Å²) in [6, 6.07) is 24.2. The van der Waals surface area contributed by atoms with E-state index in [0.29, 0.717) is 16.5 Å². The monoisotopic (exact) mass is 563 g/mol. The zero-order valence-electron chi connectivity index (χ0n) is 20.6. The number of benzene rings is 3. The van der Waals surface area contributed by atoms with Gasteiger partial charge in [-0.2, -0.15) is 0 Å². The van der Waals surface area contributed by atoms with Crippen molar-refractivity contribution in [3.05, 3.63) is 94.7 Å². The number of hydrogen-bond donors (Lipinski definition) is 1. The van der Waals surface area contributed by atoms with Crippen molar-refractivity contribution in [1.82, 2.24) is 5.32 Å². The maximum absolute atomic E-state index is 15.2. The SMILES string of the molecule is C[C@H](Cc1cccc(Br)c1F)NCC(F)(F)CO[Si](c1ccccc1)(c1ccccc1)C(C)(C)C. The van der Waals surface area contributed by atoms with Gasteiger partial charge in [0, 0.05) is 6.04 Å². The molecule has 0 aromatic heterocycles. The van der Waals surface area contributed by atoms with E-state index >= 15 is 8.78 Å². The Balaban J connectivity index is 1.78. The second kappa shape index (κ2) is 11.4. The van der Waals surface area contributed by atoms with Gasteiger partial charge in [0.05, 0.1) is 17.6 Å². The van der Waals surface area contributed by atoms with Gasteiger partial charge >= 0.3 is 0 Å². The number of halogens is 4. The Hall–Kier alpha value is -1.93. The van der Waals surface area contributed by atoms with Crippen molar-refractivity contribution in [2.45, 2.75) is 51.1 Å². The van der Waals surface area contributed by atoms with Crippen molar-refractivity contribution in [2.75, 3.05) is 13.2 Å². The second-order valence-electron chi connectivity index (χ2n) is 10.0. The summed E-state index contributed by atoms with van der Waals surface area (Å²) in [4.78, 5) is 0. The minimum atomic E-state index is -3.10. The lowest BCUT2D eigenvalue weighted by Gasteiger charge is -2.43. The van der Waals surface area contributed by atoms with Gasteiger partial charge in [-0.3, -0.25) is 0 Å². The Kier molecular flexibility index (Phi) is 9.02. The van der Waals surface area contributed by atoms with Gasteiger partial charge in [-0.1, -0.05) is 93.6 Å². The predicted molar refractivity (Wildman–Crippen MR) is 144 cm³/mol. The fraction of sp³-hybridized carbons (Fsp3) is 0.357. The first-order valence-corrected chi connectivity index (χ1v) is 14.5. The molecule has 3 aromatic carbocycles. The van der Waals surface area contributed by atoms with Crippen LogP contribution in [0.5, 0.6) is 0 Å². The normalized spacial score (nSPS) is 13.6. The summed E-state index contributed by atoms with van der Waals surface area (Å²) in [6.07, 6.45) is 0.302. The van der Waals surface area contributed by atoms with Gasteiger partial charge in [-0.15, -0.1) is 0 Å². The maximum atomic E-state index is 15.2. The number of rotatable bonds is 10. The van der Waals surface area contributed by atoms with E-state index in [0.717, 1.165) is 10.4 Å². The van der Waals surface area contributed by atoms with Gasteiger partial charge < -0.3 is 9.74 Å². The van der Waals surface area contributed by atoms with E-state index in [4.69, 9.17) is 4.43 Å². The van der Waals surface area contributed by atoms with Crippen molar-refractivity contribution in [3.8, 4) is 0 Å². The molecule has 7 heteroatoms. The Bertz CT molecular complexity index is 1050. The summed E-state index contributed by atoms with van der Waals surface area (Å²) >= 11 is 3.17. The minimum Gasteiger partial charge on any atom is -0.401 e. The molecule has 0 aliphatic carbocycles. The number of hydrogen-bond acceptors (Lipinski definition) is 2. The quantitative estimate of drug-likeness (QED) is 0.291. The predicted octanol–water partition coefficient (Wildman–Crippen LogP) is 6.32. The molecule has 0 bridgehead atoms. The number of alkyl halides is 2. The topological polar surface area (TPSA) is 21.3 Å². The molecule has 188 valence electrons. The fourth-order valence-electron chi connectivity index (χ4n) is 4.46. The molecule has 0 unspecified atom stereocenters. The zero-order chi connectivity index (χ0) is 25.7. The van der Waals surface area contributed by atoms with Gasteiger partial charge in [0.2, 0.25) is 0 Å². The van der Waals surface area contributed by atoms with Crippen LogP contribution in [-0.2, 0) is 10.8 Å². The molecule has 0 saturated heterocycles. The molecule has 0 spiro atoms. The molecule has 0 amide bonds. The highest BCUT2D eigenvalue weighted by Gasteiger charge is 2.51. The molecule has 3 rings (SSSR count). The lowest BCUT2D eigenvalue weighted by atomic mass is 10.1. The third-order valence-electron chi connectivity index (χ3n) is 6.18.